The molecule has 0 radical (unpaired) electrons. The zero-order valence-electron chi connectivity index (χ0n) is 14.6. The summed E-state index contributed by atoms with van der Waals surface area (Å²) in [6.07, 6.45) is 5.39. The predicted molar refractivity (Wildman–Crippen MR) is 99.7 cm³/mol. The molecule has 1 aliphatic heterocycles. The van der Waals surface area contributed by atoms with E-state index in [9.17, 15) is 4.79 Å². The maximum atomic E-state index is 12.1. The van der Waals surface area contributed by atoms with Crippen molar-refractivity contribution in [3.05, 3.63) is 40.3 Å². The van der Waals surface area contributed by atoms with Crippen molar-refractivity contribution in [2.75, 3.05) is 18.4 Å². The van der Waals surface area contributed by atoms with E-state index in [4.69, 9.17) is 4.42 Å². The molecule has 0 aromatic carbocycles. The predicted octanol–water partition coefficient (Wildman–Crippen LogP) is 3.89. The molecule has 0 bridgehead atoms. The summed E-state index contributed by atoms with van der Waals surface area (Å²) in [6, 6.07) is 3.94. The van der Waals surface area contributed by atoms with Gasteiger partial charge in [0, 0.05) is 36.4 Å². The highest BCUT2D eigenvalue weighted by Gasteiger charge is 2.36. The summed E-state index contributed by atoms with van der Waals surface area (Å²) in [4.78, 5) is 20.4. The number of nitrogens with zero attached hydrogens (tertiary/aromatic N) is 2. The topological polar surface area (TPSA) is 58.4 Å². The minimum atomic E-state index is -0.170. The lowest BCUT2D eigenvalue weighted by atomic mass is 10.2. The molecule has 4 rings (SSSR count). The number of nitrogens with one attached hydrogen (secondary N) is 1. The third kappa shape index (κ3) is 3.70. The van der Waals surface area contributed by atoms with E-state index in [-0.39, 0.29) is 5.91 Å². The SMILES string of the molecule is CCN1CCc2nc(NC(=O)/C=C/c3ccc(C4CC4C)o3)sc2C1. The minimum absolute atomic E-state index is 0.170. The second-order valence-corrected chi connectivity index (χ2v) is 7.97. The zero-order chi connectivity index (χ0) is 17.4. The van der Waals surface area contributed by atoms with Crippen molar-refractivity contribution < 1.29 is 9.21 Å². The van der Waals surface area contributed by atoms with E-state index in [1.54, 1.807) is 17.4 Å². The fraction of sp³-hybridized carbons (Fsp3) is 0.474. The Hall–Kier alpha value is -1.92. The first kappa shape index (κ1) is 16.5. The normalized spacial score (nSPS) is 23.0. The molecule has 1 N–H and O–H groups in total. The molecular weight excluding hydrogens is 334 g/mol. The zero-order valence-corrected chi connectivity index (χ0v) is 15.4. The van der Waals surface area contributed by atoms with E-state index < -0.39 is 0 Å². The molecule has 1 fully saturated rings. The van der Waals surface area contributed by atoms with Crippen molar-refractivity contribution in [1.29, 1.82) is 0 Å². The van der Waals surface area contributed by atoms with Gasteiger partial charge in [-0.1, -0.05) is 13.8 Å². The number of hydrogen-bond donors (Lipinski definition) is 1. The van der Waals surface area contributed by atoms with E-state index in [2.05, 4.69) is 29.0 Å². The Labute approximate surface area is 151 Å². The van der Waals surface area contributed by atoms with Gasteiger partial charge in [-0.05, 0) is 37.1 Å². The first-order valence-electron chi connectivity index (χ1n) is 8.92. The second kappa shape index (κ2) is 6.77. The first-order chi connectivity index (χ1) is 12.1. The average molecular weight is 357 g/mol. The molecule has 2 aromatic heterocycles. The van der Waals surface area contributed by atoms with Gasteiger partial charge in [-0.15, -0.1) is 11.3 Å². The highest BCUT2D eigenvalue weighted by atomic mass is 32.1. The maximum Gasteiger partial charge on any atom is 0.250 e. The summed E-state index contributed by atoms with van der Waals surface area (Å²) in [7, 11) is 0. The second-order valence-electron chi connectivity index (χ2n) is 6.89. The van der Waals surface area contributed by atoms with Gasteiger partial charge >= 0.3 is 0 Å². The lowest BCUT2D eigenvalue weighted by Gasteiger charge is -2.23. The van der Waals surface area contributed by atoms with Crippen LogP contribution in [0.25, 0.3) is 6.08 Å². The quantitative estimate of drug-likeness (QED) is 0.825. The third-order valence-electron chi connectivity index (χ3n) is 5.01. The molecule has 132 valence electrons. The lowest BCUT2D eigenvalue weighted by Crippen LogP contribution is -2.29. The number of furan rings is 1. The number of fused-ring (bicyclic) bond motifs is 1. The van der Waals surface area contributed by atoms with Crippen molar-refractivity contribution in [3.63, 3.8) is 0 Å². The number of thiazole rings is 1. The summed E-state index contributed by atoms with van der Waals surface area (Å²) in [5.41, 5.74) is 1.13. The smallest absolute Gasteiger partial charge is 0.250 e. The van der Waals surface area contributed by atoms with Crippen molar-refractivity contribution in [1.82, 2.24) is 9.88 Å². The van der Waals surface area contributed by atoms with Crippen LogP contribution in [0.2, 0.25) is 0 Å². The molecule has 0 spiro atoms. The van der Waals surface area contributed by atoms with Gasteiger partial charge in [0.2, 0.25) is 5.91 Å². The van der Waals surface area contributed by atoms with Crippen LogP contribution in [0.15, 0.2) is 22.6 Å². The monoisotopic (exact) mass is 357 g/mol. The van der Waals surface area contributed by atoms with Gasteiger partial charge in [-0.3, -0.25) is 15.0 Å². The van der Waals surface area contributed by atoms with Gasteiger partial charge in [0.1, 0.15) is 11.5 Å². The van der Waals surface area contributed by atoms with Crippen LogP contribution < -0.4 is 5.32 Å². The van der Waals surface area contributed by atoms with E-state index >= 15 is 0 Å². The molecular formula is C19H23N3O2S. The van der Waals surface area contributed by atoms with Gasteiger partial charge < -0.3 is 4.42 Å². The Bertz CT molecular complexity index is 807. The number of likely N-dealkylation sites (N-methyl/N-ethyl adjacent to an activating group) is 1. The van der Waals surface area contributed by atoms with Gasteiger partial charge in [-0.2, -0.15) is 0 Å². The van der Waals surface area contributed by atoms with Gasteiger partial charge in [0.15, 0.2) is 5.13 Å². The highest BCUT2D eigenvalue weighted by Crippen LogP contribution is 2.47. The number of carbonyl (C=O) groups excluding carboxylic acids is 1. The van der Waals surface area contributed by atoms with E-state index in [1.807, 2.05) is 12.1 Å². The van der Waals surface area contributed by atoms with Crippen molar-refractivity contribution in [3.8, 4) is 0 Å². The molecule has 2 unspecified atom stereocenters. The molecule has 1 aliphatic carbocycles. The minimum Gasteiger partial charge on any atom is -0.461 e. The highest BCUT2D eigenvalue weighted by molar-refractivity contribution is 7.15. The maximum absolute atomic E-state index is 12.1. The van der Waals surface area contributed by atoms with E-state index in [0.717, 1.165) is 43.3 Å². The van der Waals surface area contributed by atoms with Crippen molar-refractivity contribution in [2.24, 2.45) is 5.92 Å². The standard InChI is InChI=1S/C19H23N3O2S/c1-3-22-9-8-15-17(11-22)25-19(20-15)21-18(23)7-5-13-4-6-16(24-13)14-10-12(14)2/h4-7,12,14H,3,8-11H2,1-2H3,(H,20,21,23)/b7-5+. The van der Waals surface area contributed by atoms with Crippen LogP contribution in [0.1, 0.15) is 48.3 Å². The van der Waals surface area contributed by atoms with Gasteiger partial charge in [0.05, 0.1) is 5.69 Å². The molecule has 1 amide bonds. The molecule has 2 aromatic rings. The number of hydrogen-bond acceptors (Lipinski definition) is 5. The Balaban J connectivity index is 1.36. The Morgan fingerprint density at radius 2 is 2.36 bits per heavy atom. The van der Waals surface area contributed by atoms with Crippen LogP contribution in [0.3, 0.4) is 0 Å². The number of rotatable bonds is 5. The molecule has 5 nitrogen and oxygen atoms in total. The fourth-order valence-corrected chi connectivity index (χ4v) is 4.31. The summed E-state index contributed by atoms with van der Waals surface area (Å²) >= 11 is 1.58. The van der Waals surface area contributed by atoms with Crippen molar-refractivity contribution in [2.45, 2.75) is 39.2 Å². The van der Waals surface area contributed by atoms with Crippen LogP contribution in [-0.2, 0) is 17.8 Å². The third-order valence-corrected chi connectivity index (χ3v) is 6.01. The summed E-state index contributed by atoms with van der Waals surface area (Å²) in [5.74, 6) is 2.85. The number of aromatic nitrogens is 1. The fourth-order valence-electron chi connectivity index (χ4n) is 3.25. The van der Waals surface area contributed by atoms with Crippen LogP contribution in [-0.4, -0.2) is 28.9 Å². The molecule has 0 saturated heterocycles. The largest absolute Gasteiger partial charge is 0.461 e. The van der Waals surface area contributed by atoms with E-state index in [1.165, 1.54) is 17.4 Å². The molecule has 25 heavy (non-hydrogen) atoms. The van der Waals surface area contributed by atoms with Gasteiger partial charge in [-0.25, -0.2) is 4.98 Å². The number of carbonyl (C=O) groups is 1. The van der Waals surface area contributed by atoms with Crippen molar-refractivity contribution >= 4 is 28.5 Å². The van der Waals surface area contributed by atoms with Crippen LogP contribution >= 0.6 is 11.3 Å². The average Bonchev–Trinajstić information content (AvgIpc) is 3.01. The lowest BCUT2D eigenvalue weighted by molar-refractivity contribution is -0.111. The van der Waals surface area contributed by atoms with Gasteiger partial charge in [0.25, 0.3) is 0 Å². The molecule has 2 atom stereocenters. The Kier molecular flexibility index (Phi) is 4.48. The molecule has 2 aliphatic rings. The first-order valence-corrected chi connectivity index (χ1v) is 9.73. The summed E-state index contributed by atoms with van der Waals surface area (Å²) in [6.45, 7) is 7.42. The molecule has 6 heteroatoms. The van der Waals surface area contributed by atoms with Crippen LogP contribution in [0.5, 0.6) is 0 Å². The van der Waals surface area contributed by atoms with E-state index in [0.29, 0.717) is 17.0 Å². The van der Waals surface area contributed by atoms with Crippen LogP contribution in [0, 0.1) is 5.92 Å². The Morgan fingerprint density at radius 3 is 3.12 bits per heavy atom. The molecule has 1 saturated carbocycles. The Morgan fingerprint density at radius 1 is 1.52 bits per heavy atom. The number of anilines is 1. The number of amides is 1. The summed E-state index contributed by atoms with van der Waals surface area (Å²) in [5, 5.41) is 3.56. The molecule has 3 heterocycles. The van der Waals surface area contributed by atoms with Crippen LogP contribution in [0.4, 0.5) is 5.13 Å². The summed E-state index contributed by atoms with van der Waals surface area (Å²) < 4.78 is 5.78.